The maximum atomic E-state index is 6.25. The zero-order valence-corrected chi connectivity index (χ0v) is 12.0. The fraction of sp³-hybridized carbons (Fsp3) is 0.800. The van der Waals surface area contributed by atoms with Crippen LogP contribution in [-0.2, 0) is 6.54 Å². The van der Waals surface area contributed by atoms with Gasteiger partial charge >= 0.3 is 0 Å². The second-order valence-electron chi connectivity index (χ2n) is 6.37. The second kappa shape index (κ2) is 5.87. The molecule has 3 heteroatoms. The minimum absolute atomic E-state index is 0.106. The number of nitrogens with zero attached hydrogens (tertiary/aromatic N) is 2. The molecule has 1 aliphatic carbocycles. The number of nitrogens with two attached hydrogens (primary N) is 1. The topological polar surface area (TPSA) is 43.8 Å². The van der Waals surface area contributed by atoms with Crippen molar-refractivity contribution in [3.8, 4) is 0 Å². The Balaban J connectivity index is 1.99. The molecule has 0 saturated heterocycles. The monoisotopic (exact) mass is 249 g/mol. The van der Waals surface area contributed by atoms with Gasteiger partial charge in [0, 0.05) is 18.8 Å². The first-order chi connectivity index (χ1) is 8.58. The summed E-state index contributed by atoms with van der Waals surface area (Å²) in [6.07, 6.45) is 9.37. The van der Waals surface area contributed by atoms with Gasteiger partial charge in [0.05, 0.1) is 12.0 Å². The molecule has 0 amide bonds. The largest absolute Gasteiger partial charge is 0.333 e. The molecule has 1 aromatic rings. The summed E-state index contributed by atoms with van der Waals surface area (Å²) in [6, 6.07) is 0.106. The minimum atomic E-state index is 0.106. The molecule has 1 saturated carbocycles. The summed E-state index contributed by atoms with van der Waals surface area (Å²) in [7, 11) is 0. The smallest absolute Gasteiger partial charge is 0.0948 e. The van der Waals surface area contributed by atoms with Crippen LogP contribution in [0.25, 0.3) is 0 Å². The van der Waals surface area contributed by atoms with Crippen LogP contribution in [0.1, 0.15) is 58.2 Å². The van der Waals surface area contributed by atoms with E-state index < -0.39 is 0 Å². The molecule has 1 aromatic heterocycles. The highest BCUT2D eigenvalue weighted by Gasteiger charge is 2.21. The third-order valence-corrected chi connectivity index (χ3v) is 4.39. The first-order valence-corrected chi connectivity index (χ1v) is 7.33. The Labute approximate surface area is 111 Å². The van der Waals surface area contributed by atoms with Crippen LogP contribution < -0.4 is 5.73 Å². The second-order valence-corrected chi connectivity index (χ2v) is 6.37. The standard InChI is InChI=1S/C15H27N3/c1-11(2)15(16)14-8-17-10-18(14)9-13-6-4-12(3)5-7-13/h8,10-13,15H,4-7,9,16H2,1-3H3. The van der Waals surface area contributed by atoms with Crippen molar-refractivity contribution in [1.29, 1.82) is 0 Å². The normalized spacial score (nSPS) is 26.5. The van der Waals surface area contributed by atoms with Gasteiger partial charge in [-0.05, 0) is 30.6 Å². The van der Waals surface area contributed by atoms with Crippen molar-refractivity contribution in [2.24, 2.45) is 23.5 Å². The van der Waals surface area contributed by atoms with E-state index in [9.17, 15) is 0 Å². The predicted octanol–water partition coefficient (Wildman–Crippen LogP) is 3.37. The third-order valence-electron chi connectivity index (χ3n) is 4.39. The minimum Gasteiger partial charge on any atom is -0.333 e. The zero-order chi connectivity index (χ0) is 13.1. The molecular weight excluding hydrogens is 222 g/mol. The van der Waals surface area contributed by atoms with Crippen molar-refractivity contribution < 1.29 is 0 Å². The van der Waals surface area contributed by atoms with Crippen LogP contribution >= 0.6 is 0 Å². The molecule has 0 radical (unpaired) electrons. The Hall–Kier alpha value is -0.830. The highest BCUT2D eigenvalue weighted by Crippen LogP contribution is 2.30. The number of hydrogen-bond acceptors (Lipinski definition) is 2. The van der Waals surface area contributed by atoms with Gasteiger partial charge in [0.2, 0.25) is 0 Å². The molecule has 1 unspecified atom stereocenters. The zero-order valence-electron chi connectivity index (χ0n) is 12.0. The van der Waals surface area contributed by atoms with Gasteiger partial charge in [0.25, 0.3) is 0 Å². The first kappa shape index (κ1) is 13.6. The molecule has 2 rings (SSSR count). The van der Waals surface area contributed by atoms with Gasteiger partial charge in [-0.15, -0.1) is 0 Å². The summed E-state index contributed by atoms with van der Waals surface area (Å²) >= 11 is 0. The summed E-state index contributed by atoms with van der Waals surface area (Å²) in [6.45, 7) is 7.81. The molecule has 102 valence electrons. The van der Waals surface area contributed by atoms with Crippen LogP contribution in [-0.4, -0.2) is 9.55 Å². The summed E-state index contributed by atoms with van der Waals surface area (Å²) < 4.78 is 2.28. The van der Waals surface area contributed by atoms with E-state index >= 15 is 0 Å². The Morgan fingerprint density at radius 2 is 2.00 bits per heavy atom. The lowest BCUT2D eigenvalue weighted by Gasteiger charge is -2.27. The van der Waals surface area contributed by atoms with E-state index in [0.29, 0.717) is 5.92 Å². The van der Waals surface area contributed by atoms with Crippen molar-refractivity contribution >= 4 is 0 Å². The molecule has 0 bridgehead atoms. The molecule has 1 heterocycles. The van der Waals surface area contributed by atoms with E-state index in [1.54, 1.807) is 0 Å². The number of imidazole rings is 1. The van der Waals surface area contributed by atoms with Crippen LogP contribution in [0.5, 0.6) is 0 Å². The Morgan fingerprint density at radius 1 is 1.33 bits per heavy atom. The fourth-order valence-corrected chi connectivity index (χ4v) is 2.89. The van der Waals surface area contributed by atoms with Gasteiger partial charge in [-0.2, -0.15) is 0 Å². The lowest BCUT2D eigenvalue weighted by atomic mass is 9.83. The summed E-state index contributed by atoms with van der Waals surface area (Å²) in [4.78, 5) is 4.29. The van der Waals surface area contributed by atoms with E-state index in [1.165, 1.54) is 31.4 Å². The molecule has 1 aliphatic rings. The highest BCUT2D eigenvalue weighted by atomic mass is 15.1. The molecule has 2 N–H and O–H groups in total. The predicted molar refractivity (Wildman–Crippen MR) is 75.1 cm³/mol. The average Bonchev–Trinajstić information content (AvgIpc) is 2.79. The molecule has 0 aliphatic heterocycles. The van der Waals surface area contributed by atoms with Crippen LogP contribution in [0.3, 0.4) is 0 Å². The van der Waals surface area contributed by atoms with E-state index in [-0.39, 0.29) is 6.04 Å². The maximum absolute atomic E-state index is 6.25. The number of rotatable bonds is 4. The van der Waals surface area contributed by atoms with E-state index in [0.717, 1.165) is 18.4 Å². The summed E-state index contributed by atoms with van der Waals surface area (Å²) in [5, 5.41) is 0. The van der Waals surface area contributed by atoms with Crippen molar-refractivity contribution in [2.45, 2.75) is 59.0 Å². The molecule has 0 spiro atoms. The van der Waals surface area contributed by atoms with E-state index in [4.69, 9.17) is 5.73 Å². The van der Waals surface area contributed by atoms with Gasteiger partial charge in [-0.3, -0.25) is 0 Å². The molecule has 1 fully saturated rings. The summed E-state index contributed by atoms with van der Waals surface area (Å²) in [5.41, 5.74) is 7.45. The van der Waals surface area contributed by atoms with Crippen LogP contribution in [0.4, 0.5) is 0 Å². The Morgan fingerprint density at radius 3 is 2.61 bits per heavy atom. The molecular formula is C15H27N3. The molecule has 18 heavy (non-hydrogen) atoms. The van der Waals surface area contributed by atoms with Gasteiger partial charge in [0.15, 0.2) is 0 Å². The summed E-state index contributed by atoms with van der Waals surface area (Å²) in [5.74, 6) is 2.20. The van der Waals surface area contributed by atoms with Crippen LogP contribution in [0, 0.1) is 17.8 Å². The van der Waals surface area contributed by atoms with Gasteiger partial charge in [0.1, 0.15) is 0 Å². The Bertz CT molecular complexity index is 362. The van der Waals surface area contributed by atoms with Gasteiger partial charge in [-0.1, -0.05) is 33.6 Å². The van der Waals surface area contributed by atoms with E-state index in [1.807, 2.05) is 12.5 Å². The molecule has 1 atom stereocenters. The van der Waals surface area contributed by atoms with Gasteiger partial charge < -0.3 is 10.3 Å². The van der Waals surface area contributed by atoms with Crippen LogP contribution in [0.15, 0.2) is 12.5 Å². The van der Waals surface area contributed by atoms with Crippen molar-refractivity contribution in [1.82, 2.24) is 9.55 Å². The SMILES string of the molecule is CC1CCC(Cn2cncc2C(N)C(C)C)CC1. The molecule has 3 nitrogen and oxygen atoms in total. The van der Waals surface area contributed by atoms with E-state index in [2.05, 4.69) is 30.3 Å². The Kier molecular flexibility index (Phi) is 4.44. The van der Waals surface area contributed by atoms with Crippen molar-refractivity contribution in [2.75, 3.05) is 0 Å². The van der Waals surface area contributed by atoms with Crippen molar-refractivity contribution in [3.63, 3.8) is 0 Å². The van der Waals surface area contributed by atoms with Gasteiger partial charge in [-0.25, -0.2) is 4.98 Å². The fourth-order valence-electron chi connectivity index (χ4n) is 2.89. The third kappa shape index (κ3) is 3.14. The highest BCUT2D eigenvalue weighted by molar-refractivity contribution is 5.05. The van der Waals surface area contributed by atoms with Crippen LogP contribution in [0.2, 0.25) is 0 Å². The number of aromatic nitrogens is 2. The molecule has 0 aromatic carbocycles. The lowest BCUT2D eigenvalue weighted by Crippen LogP contribution is -2.23. The first-order valence-electron chi connectivity index (χ1n) is 7.33. The number of hydrogen-bond donors (Lipinski definition) is 1. The lowest BCUT2D eigenvalue weighted by molar-refractivity contribution is 0.261. The average molecular weight is 249 g/mol. The van der Waals surface area contributed by atoms with Crippen molar-refractivity contribution in [3.05, 3.63) is 18.2 Å². The quantitative estimate of drug-likeness (QED) is 0.889. The maximum Gasteiger partial charge on any atom is 0.0948 e.